The average Bonchev–Trinajstić information content (AvgIpc) is 2.25. The average molecular weight is 264 g/mol. The second-order valence-electron chi connectivity index (χ2n) is 8.81. The van der Waals surface area contributed by atoms with Gasteiger partial charge in [-0.3, -0.25) is 0 Å². The lowest BCUT2D eigenvalue weighted by molar-refractivity contribution is -0.232. The minimum Gasteiger partial charge on any atom is -0.372 e. The minimum atomic E-state index is 0.163. The van der Waals surface area contributed by atoms with Gasteiger partial charge in [0.15, 0.2) is 0 Å². The van der Waals surface area contributed by atoms with E-state index in [9.17, 15) is 0 Å². The zero-order chi connectivity index (χ0) is 13.9. The van der Waals surface area contributed by atoms with Crippen LogP contribution in [0.3, 0.4) is 0 Å². The van der Waals surface area contributed by atoms with Gasteiger partial charge in [-0.1, -0.05) is 27.2 Å². The summed E-state index contributed by atoms with van der Waals surface area (Å²) in [6, 6.07) is 0. The van der Waals surface area contributed by atoms with E-state index in [1.165, 1.54) is 44.9 Å². The van der Waals surface area contributed by atoms with E-state index in [0.29, 0.717) is 16.9 Å². The first-order valence-corrected chi connectivity index (χ1v) is 8.46. The van der Waals surface area contributed by atoms with Gasteiger partial charge in [0.25, 0.3) is 0 Å². The third kappa shape index (κ3) is 1.99. The van der Waals surface area contributed by atoms with Crippen LogP contribution in [0.25, 0.3) is 0 Å². The first-order valence-electron chi connectivity index (χ1n) is 8.46. The maximum Gasteiger partial charge on any atom is 0.0691 e. The van der Waals surface area contributed by atoms with Crippen LogP contribution in [0.2, 0.25) is 0 Å². The molecule has 1 heterocycles. The number of ether oxygens (including phenoxy) is 1. The predicted molar refractivity (Wildman–Crippen MR) is 80.1 cm³/mol. The van der Waals surface area contributed by atoms with Crippen LogP contribution in [0, 0.1) is 22.7 Å². The van der Waals surface area contributed by atoms with Crippen LogP contribution in [0.15, 0.2) is 0 Å². The normalized spacial score (nSPS) is 53.2. The van der Waals surface area contributed by atoms with Crippen molar-refractivity contribution >= 4 is 0 Å². The fourth-order valence-electron chi connectivity index (χ4n) is 6.30. The maximum absolute atomic E-state index is 6.46. The lowest BCUT2D eigenvalue weighted by Gasteiger charge is -2.64. The van der Waals surface area contributed by atoms with Crippen molar-refractivity contribution in [3.05, 3.63) is 0 Å². The van der Waals surface area contributed by atoms with Crippen molar-refractivity contribution in [2.24, 2.45) is 22.7 Å². The highest BCUT2D eigenvalue weighted by Crippen LogP contribution is 2.64. The Morgan fingerprint density at radius 3 is 2.32 bits per heavy atom. The molecule has 0 N–H and O–H groups in total. The third-order valence-electron chi connectivity index (χ3n) is 7.07. The molecule has 2 saturated carbocycles. The van der Waals surface area contributed by atoms with E-state index in [1.54, 1.807) is 0 Å². The fraction of sp³-hybridized carbons (Fsp3) is 1.00. The summed E-state index contributed by atoms with van der Waals surface area (Å²) in [5, 5.41) is 0. The second-order valence-corrected chi connectivity index (χ2v) is 8.81. The van der Waals surface area contributed by atoms with Crippen LogP contribution < -0.4 is 0 Å². The van der Waals surface area contributed by atoms with Gasteiger partial charge in [0, 0.05) is 0 Å². The Bertz CT molecular complexity index is 361. The van der Waals surface area contributed by atoms with Gasteiger partial charge in [-0.25, -0.2) is 0 Å². The quantitative estimate of drug-likeness (QED) is 0.585. The fourth-order valence-corrected chi connectivity index (χ4v) is 6.30. The summed E-state index contributed by atoms with van der Waals surface area (Å²) >= 11 is 0. The van der Waals surface area contributed by atoms with Crippen LogP contribution in [-0.2, 0) is 4.74 Å². The molecule has 0 unspecified atom stereocenters. The lowest BCUT2D eigenvalue weighted by Crippen LogP contribution is -2.60. The molecule has 2 aliphatic carbocycles. The minimum absolute atomic E-state index is 0.163. The Kier molecular flexibility index (Phi) is 3.10. The van der Waals surface area contributed by atoms with E-state index in [0.717, 1.165) is 11.8 Å². The number of hydrogen-bond donors (Lipinski definition) is 0. The molecule has 3 rings (SSSR count). The smallest absolute Gasteiger partial charge is 0.0691 e. The summed E-state index contributed by atoms with van der Waals surface area (Å²) in [4.78, 5) is 0. The second kappa shape index (κ2) is 4.23. The van der Waals surface area contributed by atoms with Gasteiger partial charge in [0.2, 0.25) is 0 Å². The number of rotatable bonds is 0. The Morgan fingerprint density at radius 2 is 1.58 bits per heavy atom. The Hall–Kier alpha value is -0.0400. The monoisotopic (exact) mass is 264 g/mol. The van der Waals surface area contributed by atoms with Crippen molar-refractivity contribution in [2.45, 2.75) is 91.3 Å². The molecule has 0 aromatic carbocycles. The van der Waals surface area contributed by atoms with Gasteiger partial charge in [0.05, 0.1) is 11.7 Å². The van der Waals surface area contributed by atoms with E-state index in [4.69, 9.17) is 4.74 Å². The first kappa shape index (κ1) is 13.9. The SMILES string of the molecule is C[C@H]1CC[C@@H]2[C@@]3(C)CCCC(C)(C)[C@@H]3CC[C@@]2(C)O1. The van der Waals surface area contributed by atoms with E-state index in [-0.39, 0.29) is 5.60 Å². The first-order chi connectivity index (χ1) is 8.78. The maximum atomic E-state index is 6.46. The molecule has 3 aliphatic rings. The third-order valence-corrected chi connectivity index (χ3v) is 7.07. The summed E-state index contributed by atoms with van der Waals surface area (Å²) in [5.41, 5.74) is 1.22. The van der Waals surface area contributed by atoms with Crippen LogP contribution in [0.5, 0.6) is 0 Å². The van der Waals surface area contributed by atoms with Gasteiger partial charge < -0.3 is 4.74 Å². The summed E-state index contributed by atoms with van der Waals surface area (Å²) in [6.07, 6.45) is 10.1. The van der Waals surface area contributed by atoms with Gasteiger partial charge >= 0.3 is 0 Å². The highest BCUT2D eigenvalue weighted by molar-refractivity contribution is 5.09. The standard InChI is InChI=1S/C18H32O/c1-13-7-8-15-17(4)11-6-10-16(2,3)14(17)9-12-18(15,5)19-13/h13-15H,6-12H2,1-5H3/t13-,14-,15+,17-,18+/m0/s1. The predicted octanol–water partition coefficient (Wildman–Crippen LogP) is 5.19. The van der Waals surface area contributed by atoms with Crippen molar-refractivity contribution in [3.8, 4) is 0 Å². The van der Waals surface area contributed by atoms with Crippen molar-refractivity contribution in [1.29, 1.82) is 0 Å². The molecular formula is C18H32O. The van der Waals surface area contributed by atoms with Crippen molar-refractivity contribution in [3.63, 3.8) is 0 Å². The molecule has 19 heavy (non-hydrogen) atoms. The van der Waals surface area contributed by atoms with Gasteiger partial charge in [0.1, 0.15) is 0 Å². The van der Waals surface area contributed by atoms with Crippen molar-refractivity contribution < 1.29 is 4.74 Å². The molecule has 0 radical (unpaired) electrons. The highest BCUT2D eigenvalue weighted by atomic mass is 16.5. The molecule has 3 fully saturated rings. The van der Waals surface area contributed by atoms with E-state index >= 15 is 0 Å². The zero-order valence-electron chi connectivity index (χ0n) is 13.6. The molecule has 0 spiro atoms. The number of hydrogen-bond acceptors (Lipinski definition) is 1. The molecule has 1 aliphatic heterocycles. The molecule has 1 saturated heterocycles. The molecule has 1 nitrogen and oxygen atoms in total. The zero-order valence-corrected chi connectivity index (χ0v) is 13.6. The highest BCUT2D eigenvalue weighted by Gasteiger charge is 2.59. The van der Waals surface area contributed by atoms with Crippen LogP contribution >= 0.6 is 0 Å². The molecule has 0 aromatic rings. The van der Waals surface area contributed by atoms with Crippen LogP contribution in [0.4, 0.5) is 0 Å². The van der Waals surface area contributed by atoms with Gasteiger partial charge in [-0.2, -0.15) is 0 Å². The molecule has 5 atom stereocenters. The van der Waals surface area contributed by atoms with Crippen LogP contribution in [0.1, 0.15) is 79.6 Å². The van der Waals surface area contributed by atoms with Gasteiger partial charge in [-0.15, -0.1) is 0 Å². The molecule has 0 amide bonds. The topological polar surface area (TPSA) is 9.23 Å². The molecule has 0 bridgehead atoms. The van der Waals surface area contributed by atoms with Gasteiger partial charge in [-0.05, 0) is 75.0 Å². The van der Waals surface area contributed by atoms with Crippen molar-refractivity contribution in [1.82, 2.24) is 0 Å². The summed E-state index contributed by atoms with van der Waals surface area (Å²) in [5.74, 6) is 1.69. The summed E-state index contributed by atoms with van der Waals surface area (Å²) in [6.45, 7) is 12.3. The largest absolute Gasteiger partial charge is 0.372 e. The Labute approximate surface area is 119 Å². The molecular weight excluding hydrogens is 232 g/mol. The number of fused-ring (bicyclic) bond motifs is 3. The van der Waals surface area contributed by atoms with E-state index in [2.05, 4.69) is 34.6 Å². The summed E-state index contributed by atoms with van der Waals surface area (Å²) < 4.78 is 6.46. The Balaban J connectivity index is 1.94. The van der Waals surface area contributed by atoms with E-state index < -0.39 is 0 Å². The lowest BCUT2D eigenvalue weighted by atomic mass is 9.44. The van der Waals surface area contributed by atoms with Crippen molar-refractivity contribution in [2.75, 3.05) is 0 Å². The van der Waals surface area contributed by atoms with Crippen LogP contribution in [-0.4, -0.2) is 11.7 Å². The molecule has 110 valence electrons. The molecule has 0 aromatic heterocycles. The Morgan fingerprint density at radius 1 is 0.842 bits per heavy atom. The summed E-state index contributed by atoms with van der Waals surface area (Å²) in [7, 11) is 0. The molecule has 1 heteroatoms. The van der Waals surface area contributed by atoms with E-state index in [1.807, 2.05) is 0 Å².